The zero-order valence-electron chi connectivity index (χ0n) is 12.2. The molecule has 1 aromatic rings. The lowest BCUT2D eigenvalue weighted by Crippen LogP contribution is -2.38. The van der Waals surface area contributed by atoms with Gasteiger partial charge in [0, 0.05) is 18.2 Å². The normalized spacial score (nSPS) is 24.2. The van der Waals surface area contributed by atoms with Gasteiger partial charge in [-0.05, 0) is 37.0 Å². The largest absolute Gasteiger partial charge is 0.358 e. The van der Waals surface area contributed by atoms with Crippen LogP contribution < -0.4 is 5.32 Å². The van der Waals surface area contributed by atoms with Crippen molar-refractivity contribution in [3.8, 4) is 0 Å². The molecule has 0 saturated heterocycles. The topological polar surface area (TPSA) is 27.6 Å². The highest BCUT2D eigenvalue weighted by molar-refractivity contribution is 7.80. The molecule has 0 radical (unpaired) electrons. The fourth-order valence-corrected chi connectivity index (χ4v) is 3.53. The van der Waals surface area contributed by atoms with Crippen LogP contribution in [0.5, 0.6) is 0 Å². The number of hydrogen-bond acceptors (Lipinski definition) is 2. The van der Waals surface area contributed by atoms with Crippen LogP contribution in [-0.2, 0) is 0 Å². The second-order valence-electron chi connectivity index (χ2n) is 5.62. The third kappa shape index (κ3) is 2.86. The number of rotatable bonds is 3. The van der Waals surface area contributed by atoms with E-state index < -0.39 is 0 Å². The third-order valence-electron chi connectivity index (χ3n) is 4.25. The van der Waals surface area contributed by atoms with Gasteiger partial charge < -0.3 is 5.32 Å². The standard InChI is InChI=1S/C17H21N3S/c1-2-12-18-17(21)20-16(13-8-4-3-5-9-13)14-10-6-7-11-15(14)19-20/h2-5,8-9,14,16H,1,6-7,10-12H2,(H,18,21)/t14-,16+/m1/s1. The van der Waals surface area contributed by atoms with E-state index in [2.05, 4.69) is 42.2 Å². The quantitative estimate of drug-likeness (QED) is 0.682. The minimum Gasteiger partial charge on any atom is -0.358 e. The maximum Gasteiger partial charge on any atom is 0.190 e. The van der Waals surface area contributed by atoms with E-state index in [4.69, 9.17) is 17.3 Å². The molecule has 0 spiro atoms. The summed E-state index contributed by atoms with van der Waals surface area (Å²) in [5, 5.41) is 10.8. The molecular weight excluding hydrogens is 278 g/mol. The van der Waals surface area contributed by atoms with Crippen LogP contribution in [0.15, 0.2) is 48.1 Å². The average molecular weight is 299 g/mol. The number of benzene rings is 1. The zero-order valence-corrected chi connectivity index (χ0v) is 13.0. The summed E-state index contributed by atoms with van der Waals surface area (Å²) in [7, 11) is 0. The molecule has 21 heavy (non-hydrogen) atoms. The first-order valence-electron chi connectivity index (χ1n) is 7.61. The molecule has 2 atom stereocenters. The minimum absolute atomic E-state index is 0.242. The van der Waals surface area contributed by atoms with Crippen LogP contribution in [0.1, 0.15) is 37.3 Å². The Kier molecular flexibility index (Phi) is 4.34. The third-order valence-corrected chi connectivity index (χ3v) is 4.59. The Hall–Kier alpha value is -1.68. The van der Waals surface area contributed by atoms with Crippen molar-refractivity contribution >= 4 is 23.0 Å². The van der Waals surface area contributed by atoms with Gasteiger partial charge in [-0.3, -0.25) is 0 Å². The lowest BCUT2D eigenvalue weighted by Gasteiger charge is -2.30. The summed E-state index contributed by atoms with van der Waals surface area (Å²) in [6, 6.07) is 10.8. The summed E-state index contributed by atoms with van der Waals surface area (Å²) >= 11 is 5.54. The first-order valence-corrected chi connectivity index (χ1v) is 8.02. The molecule has 0 bridgehead atoms. The number of fused-ring (bicyclic) bond motifs is 1. The summed E-state index contributed by atoms with van der Waals surface area (Å²) in [5.41, 5.74) is 2.61. The predicted molar refractivity (Wildman–Crippen MR) is 91.2 cm³/mol. The van der Waals surface area contributed by atoms with E-state index in [9.17, 15) is 0 Å². The molecule has 1 fully saturated rings. The SMILES string of the molecule is C=CCNC(=S)N1N=C2CCCC[C@H]2[C@@H]1c1ccccc1. The Morgan fingerprint density at radius 1 is 1.38 bits per heavy atom. The molecular formula is C17H21N3S. The Bertz CT molecular complexity index is 552. The fourth-order valence-electron chi connectivity index (χ4n) is 3.29. The lowest BCUT2D eigenvalue weighted by molar-refractivity contribution is 0.298. The van der Waals surface area contributed by atoms with Crippen molar-refractivity contribution in [2.75, 3.05) is 6.54 Å². The van der Waals surface area contributed by atoms with E-state index in [0.29, 0.717) is 17.6 Å². The van der Waals surface area contributed by atoms with Gasteiger partial charge in [-0.25, -0.2) is 5.01 Å². The van der Waals surface area contributed by atoms with Crippen LogP contribution in [0.25, 0.3) is 0 Å². The van der Waals surface area contributed by atoms with E-state index in [1.54, 1.807) is 0 Å². The Morgan fingerprint density at radius 3 is 2.95 bits per heavy atom. The van der Waals surface area contributed by atoms with Crippen molar-refractivity contribution in [1.82, 2.24) is 10.3 Å². The molecule has 1 aromatic carbocycles. The smallest absolute Gasteiger partial charge is 0.190 e. The molecule has 0 amide bonds. The van der Waals surface area contributed by atoms with Gasteiger partial charge in [0.2, 0.25) is 0 Å². The molecule has 1 heterocycles. The first-order chi connectivity index (χ1) is 10.3. The van der Waals surface area contributed by atoms with Gasteiger partial charge >= 0.3 is 0 Å². The van der Waals surface area contributed by atoms with Gasteiger partial charge in [-0.15, -0.1) is 6.58 Å². The minimum atomic E-state index is 0.242. The number of hydrazone groups is 1. The van der Waals surface area contributed by atoms with E-state index >= 15 is 0 Å². The second kappa shape index (κ2) is 6.39. The predicted octanol–water partition coefficient (Wildman–Crippen LogP) is 3.65. The highest BCUT2D eigenvalue weighted by Gasteiger charge is 2.40. The number of thiocarbonyl (C=S) groups is 1. The summed E-state index contributed by atoms with van der Waals surface area (Å²) in [6.07, 6.45) is 6.67. The molecule has 3 nitrogen and oxygen atoms in total. The van der Waals surface area contributed by atoms with Crippen LogP contribution in [-0.4, -0.2) is 22.4 Å². The first kappa shape index (κ1) is 14.3. The van der Waals surface area contributed by atoms with E-state index in [0.717, 1.165) is 6.42 Å². The van der Waals surface area contributed by atoms with Crippen LogP contribution >= 0.6 is 12.2 Å². The van der Waals surface area contributed by atoms with Crippen LogP contribution in [0.3, 0.4) is 0 Å². The Labute approximate surface area is 131 Å². The molecule has 110 valence electrons. The van der Waals surface area contributed by atoms with Gasteiger partial charge in [0.15, 0.2) is 5.11 Å². The summed E-state index contributed by atoms with van der Waals surface area (Å²) in [4.78, 5) is 0. The molecule has 1 aliphatic heterocycles. The maximum atomic E-state index is 5.54. The van der Waals surface area contributed by atoms with Crippen LogP contribution in [0.4, 0.5) is 0 Å². The molecule has 1 saturated carbocycles. The van der Waals surface area contributed by atoms with Gasteiger partial charge in [0.05, 0.1) is 6.04 Å². The molecule has 1 N–H and O–H groups in total. The number of nitrogens with one attached hydrogen (secondary N) is 1. The van der Waals surface area contributed by atoms with Crippen molar-refractivity contribution in [3.63, 3.8) is 0 Å². The summed E-state index contributed by atoms with van der Waals surface area (Å²) < 4.78 is 0. The molecule has 4 heteroatoms. The van der Waals surface area contributed by atoms with Crippen molar-refractivity contribution in [2.45, 2.75) is 31.7 Å². The van der Waals surface area contributed by atoms with Gasteiger partial charge in [-0.1, -0.05) is 42.8 Å². The van der Waals surface area contributed by atoms with Crippen LogP contribution in [0.2, 0.25) is 0 Å². The van der Waals surface area contributed by atoms with Gasteiger partial charge in [-0.2, -0.15) is 5.10 Å². The van der Waals surface area contributed by atoms with Crippen molar-refractivity contribution in [1.29, 1.82) is 0 Å². The van der Waals surface area contributed by atoms with Gasteiger partial charge in [0.25, 0.3) is 0 Å². The second-order valence-corrected chi connectivity index (χ2v) is 6.01. The van der Waals surface area contributed by atoms with E-state index in [-0.39, 0.29) is 6.04 Å². The zero-order chi connectivity index (χ0) is 14.7. The molecule has 2 aliphatic rings. The lowest BCUT2D eigenvalue weighted by atomic mass is 9.80. The Morgan fingerprint density at radius 2 is 2.19 bits per heavy atom. The van der Waals surface area contributed by atoms with Crippen molar-refractivity contribution in [3.05, 3.63) is 48.6 Å². The highest BCUT2D eigenvalue weighted by Crippen LogP contribution is 2.42. The van der Waals surface area contributed by atoms with Crippen LogP contribution in [0, 0.1) is 5.92 Å². The highest BCUT2D eigenvalue weighted by atomic mass is 32.1. The average Bonchev–Trinajstić information content (AvgIpc) is 2.93. The van der Waals surface area contributed by atoms with Gasteiger partial charge in [0.1, 0.15) is 0 Å². The van der Waals surface area contributed by atoms with E-state index in [1.807, 2.05) is 11.1 Å². The van der Waals surface area contributed by atoms with Crippen molar-refractivity contribution in [2.24, 2.45) is 11.0 Å². The molecule has 0 unspecified atom stereocenters. The molecule has 0 aromatic heterocycles. The Balaban J connectivity index is 1.89. The van der Waals surface area contributed by atoms with Crippen molar-refractivity contribution < 1.29 is 0 Å². The monoisotopic (exact) mass is 299 g/mol. The molecule has 1 aliphatic carbocycles. The molecule has 3 rings (SSSR count). The summed E-state index contributed by atoms with van der Waals surface area (Å²) in [5.74, 6) is 0.504. The summed E-state index contributed by atoms with van der Waals surface area (Å²) in [6.45, 7) is 4.41. The number of nitrogens with zero attached hydrogens (tertiary/aromatic N) is 2. The fraction of sp³-hybridized carbons (Fsp3) is 0.412. The number of hydrogen-bond donors (Lipinski definition) is 1. The maximum absolute atomic E-state index is 5.54. The van der Waals surface area contributed by atoms with E-state index in [1.165, 1.54) is 30.5 Å².